The van der Waals surface area contributed by atoms with E-state index in [0.29, 0.717) is 11.3 Å². The summed E-state index contributed by atoms with van der Waals surface area (Å²) >= 11 is 3.44. The van der Waals surface area contributed by atoms with E-state index in [2.05, 4.69) is 42.0 Å². The molecule has 0 radical (unpaired) electrons. The van der Waals surface area contributed by atoms with E-state index >= 15 is 0 Å². The largest absolute Gasteiger partial charge is 0.465 e. The van der Waals surface area contributed by atoms with Gasteiger partial charge in [-0.1, -0.05) is 51.1 Å². The second-order valence-electron chi connectivity index (χ2n) is 6.59. The third-order valence-corrected chi connectivity index (χ3v) is 4.64. The Bertz CT molecular complexity index is 668. The maximum absolute atomic E-state index is 12.7. The fourth-order valence-corrected chi connectivity index (χ4v) is 3.10. The minimum absolute atomic E-state index is 0.0808. The molecular formula is C18H22BrNO2. The van der Waals surface area contributed by atoms with Crippen molar-refractivity contribution >= 4 is 21.8 Å². The zero-order chi connectivity index (χ0) is 16.5. The van der Waals surface area contributed by atoms with Crippen molar-refractivity contribution < 1.29 is 9.21 Å². The molecule has 4 heteroatoms. The summed E-state index contributed by atoms with van der Waals surface area (Å²) in [6.07, 6.45) is 0. The minimum atomic E-state index is -0.120. The lowest BCUT2D eigenvalue weighted by atomic mass is 9.82. The van der Waals surface area contributed by atoms with Gasteiger partial charge in [0.2, 0.25) is 0 Å². The molecule has 1 N–H and O–H groups in total. The van der Waals surface area contributed by atoms with Crippen molar-refractivity contribution in [2.24, 2.45) is 5.41 Å². The molecule has 0 aliphatic heterocycles. The van der Waals surface area contributed by atoms with E-state index in [-0.39, 0.29) is 17.4 Å². The second-order valence-corrected chi connectivity index (χ2v) is 7.38. The lowest BCUT2D eigenvalue weighted by Gasteiger charge is -2.32. The van der Waals surface area contributed by atoms with Crippen molar-refractivity contribution in [2.45, 2.75) is 40.7 Å². The Labute approximate surface area is 140 Å². The van der Waals surface area contributed by atoms with Crippen LogP contribution in [0.1, 0.15) is 54.3 Å². The number of carbonyl (C=O) groups is 1. The first-order chi connectivity index (χ1) is 10.2. The Morgan fingerprint density at radius 2 is 1.73 bits per heavy atom. The molecule has 118 valence electrons. The fourth-order valence-electron chi connectivity index (χ4n) is 2.56. The van der Waals surface area contributed by atoms with Crippen molar-refractivity contribution in [1.82, 2.24) is 5.32 Å². The molecular weight excluding hydrogens is 342 g/mol. The van der Waals surface area contributed by atoms with Gasteiger partial charge in [0.25, 0.3) is 5.91 Å². The fraction of sp³-hybridized carbons (Fsp3) is 0.389. The van der Waals surface area contributed by atoms with E-state index in [0.717, 1.165) is 15.8 Å². The van der Waals surface area contributed by atoms with Gasteiger partial charge in [0.05, 0.1) is 16.1 Å². The molecule has 1 heterocycles. The Kier molecular flexibility index (Phi) is 4.81. The molecule has 0 spiro atoms. The zero-order valence-corrected chi connectivity index (χ0v) is 15.2. The molecule has 0 saturated heterocycles. The van der Waals surface area contributed by atoms with Crippen LogP contribution in [0.5, 0.6) is 0 Å². The van der Waals surface area contributed by atoms with Crippen LogP contribution in [-0.2, 0) is 0 Å². The van der Waals surface area contributed by atoms with Crippen molar-refractivity contribution in [3.8, 4) is 0 Å². The van der Waals surface area contributed by atoms with Gasteiger partial charge in [0.15, 0.2) is 0 Å². The Hall–Kier alpha value is -1.55. The number of furan rings is 1. The quantitative estimate of drug-likeness (QED) is 0.816. The highest BCUT2D eigenvalue weighted by Crippen LogP contribution is 2.34. The van der Waals surface area contributed by atoms with E-state index in [4.69, 9.17) is 4.42 Å². The molecule has 22 heavy (non-hydrogen) atoms. The number of carbonyl (C=O) groups excluding carboxylic acids is 1. The van der Waals surface area contributed by atoms with Crippen LogP contribution in [0.25, 0.3) is 0 Å². The maximum atomic E-state index is 12.7. The smallest absolute Gasteiger partial charge is 0.256 e. The summed E-state index contributed by atoms with van der Waals surface area (Å²) in [7, 11) is 0. The first kappa shape index (κ1) is 16.8. The van der Waals surface area contributed by atoms with Gasteiger partial charge in [-0.3, -0.25) is 4.79 Å². The predicted molar refractivity (Wildman–Crippen MR) is 92.0 cm³/mol. The van der Waals surface area contributed by atoms with E-state index in [1.807, 2.05) is 37.3 Å². The zero-order valence-electron chi connectivity index (χ0n) is 13.7. The molecule has 0 aliphatic rings. The molecule has 1 amide bonds. The molecule has 1 aromatic carbocycles. The van der Waals surface area contributed by atoms with Crippen LogP contribution in [0, 0.1) is 19.3 Å². The number of hydrogen-bond donors (Lipinski definition) is 1. The third-order valence-electron chi connectivity index (χ3n) is 3.69. The van der Waals surface area contributed by atoms with Crippen LogP contribution in [0.15, 0.2) is 39.2 Å². The first-order valence-corrected chi connectivity index (χ1v) is 8.12. The minimum Gasteiger partial charge on any atom is -0.465 e. The maximum Gasteiger partial charge on any atom is 0.256 e. The normalized spacial score (nSPS) is 13.0. The lowest BCUT2D eigenvalue weighted by Crippen LogP contribution is -2.36. The van der Waals surface area contributed by atoms with Crippen molar-refractivity contribution in [1.29, 1.82) is 0 Å². The summed E-state index contributed by atoms with van der Waals surface area (Å²) in [5, 5.41) is 3.16. The van der Waals surface area contributed by atoms with Crippen molar-refractivity contribution in [3.05, 3.63) is 57.5 Å². The lowest BCUT2D eigenvalue weighted by molar-refractivity contribution is 0.0899. The van der Waals surface area contributed by atoms with Gasteiger partial charge in [-0.2, -0.15) is 0 Å². The first-order valence-electron chi connectivity index (χ1n) is 7.33. The van der Waals surface area contributed by atoms with Crippen LogP contribution >= 0.6 is 15.9 Å². The Balaban J connectivity index is 2.34. The summed E-state index contributed by atoms with van der Waals surface area (Å²) in [5.41, 5.74) is 1.57. The molecule has 0 saturated carbocycles. The number of aryl methyl sites for hydroxylation is 2. The number of rotatable bonds is 3. The number of nitrogens with one attached hydrogen (secondary N) is 1. The van der Waals surface area contributed by atoms with Crippen LogP contribution < -0.4 is 5.32 Å². The van der Waals surface area contributed by atoms with Crippen molar-refractivity contribution in [2.75, 3.05) is 0 Å². The van der Waals surface area contributed by atoms with E-state index in [9.17, 15) is 4.79 Å². The van der Waals surface area contributed by atoms with Crippen LogP contribution in [0.2, 0.25) is 0 Å². The SMILES string of the molecule is Cc1oc(C)c(C(=O)NC(c2ccccc2)C(C)(C)C)c1Br. The molecule has 2 aromatic rings. The van der Waals surface area contributed by atoms with Gasteiger partial charge in [-0.05, 0) is 40.8 Å². The van der Waals surface area contributed by atoms with Gasteiger partial charge in [-0.25, -0.2) is 0 Å². The highest BCUT2D eigenvalue weighted by Gasteiger charge is 2.30. The van der Waals surface area contributed by atoms with Crippen LogP contribution in [0.3, 0.4) is 0 Å². The molecule has 0 aliphatic carbocycles. The van der Waals surface area contributed by atoms with E-state index < -0.39 is 0 Å². The monoisotopic (exact) mass is 363 g/mol. The van der Waals surface area contributed by atoms with Gasteiger partial charge >= 0.3 is 0 Å². The third kappa shape index (κ3) is 3.43. The van der Waals surface area contributed by atoms with E-state index in [1.165, 1.54) is 0 Å². The topological polar surface area (TPSA) is 42.2 Å². The average molecular weight is 364 g/mol. The number of halogens is 1. The molecule has 0 fully saturated rings. The highest BCUT2D eigenvalue weighted by molar-refractivity contribution is 9.10. The number of amides is 1. The summed E-state index contributed by atoms with van der Waals surface area (Å²) < 4.78 is 6.26. The Morgan fingerprint density at radius 1 is 1.14 bits per heavy atom. The molecule has 1 aromatic heterocycles. The summed E-state index contributed by atoms with van der Waals surface area (Å²) in [4.78, 5) is 12.7. The molecule has 0 bridgehead atoms. The van der Waals surface area contributed by atoms with Crippen LogP contribution in [-0.4, -0.2) is 5.91 Å². The standard InChI is InChI=1S/C18H22BrNO2/c1-11-14(15(19)12(2)22-11)17(21)20-16(18(3,4)5)13-9-7-6-8-10-13/h6-10,16H,1-5H3,(H,20,21). The van der Waals surface area contributed by atoms with Gasteiger partial charge in [-0.15, -0.1) is 0 Å². The summed E-state index contributed by atoms with van der Waals surface area (Å²) in [6, 6.07) is 9.96. The van der Waals surface area contributed by atoms with Gasteiger partial charge in [0.1, 0.15) is 11.5 Å². The molecule has 2 rings (SSSR count). The summed E-state index contributed by atoms with van der Waals surface area (Å²) in [6.45, 7) is 10.0. The summed E-state index contributed by atoms with van der Waals surface area (Å²) in [5.74, 6) is 1.22. The molecule has 1 atom stereocenters. The molecule has 1 unspecified atom stereocenters. The average Bonchev–Trinajstić information content (AvgIpc) is 2.69. The predicted octanol–water partition coefficient (Wildman–Crippen LogP) is 5.18. The number of benzene rings is 1. The van der Waals surface area contributed by atoms with Gasteiger partial charge < -0.3 is 9.73 Å². The van der Waals surface area contributed by atoms with Crippen molar-refractivity contribution in [3.63, 3.8) is 0 Å². The second kappa shape index (κ2) is 6.29. The highest BCUT2D eigenvalue weighted by atomic mass is 79.9. The van der Waals surface area contributed by atoms with E-state index in [1.54, 1.807) is 6.92 Å². The van der Waals surface area contributed by atoms with Gasteiger partial charge in [0, 0.05) is 0 Å². The number of hydrogen-bond acceptors (Lipinski definition) is 2. The van der Waals surface area contributed by atoms with Crippen LogP contribution in [0.4, 0.5) is 0 Å². The molecule has 3 nitrogen and oxygen atoms in total. The Morgan fingerprint density at radius 3 is 2.18 bits per heavy atom.